The first-order valence-electron chi connectivity index (χ1n) is 5.24. The average Bonchev–Trinajstić information content (AvgIpc) is 2.62. The highest BCUT2D eigenvalue weighted by atomic mass is 79.9. The lowest BCUT2D eigenvalue weighted by atomic mass is 10.2. The second-order valence-electron chi connectivity index (χ2n) is 3.94. The molecule has 0 saturated heterocycles. The van der Waals surface area contributed by atoms with Crippen molar-refractivity contribution in [3.63, 3.8) is 0 Å². The maximum Gasteiger partial charge on any atom is 0.0815 e. The molecule has 17 heavy (non-hydrogen) atoms. The maximum absolute atomic E-state index is 4.33. The number of hydrogen-bond acceptors (Lipinski definition) is 2. The molecule has 0 aliphatic carbocycles. The molecule has 2 rings (SSSR count). The number of rotatable bonds is 3. The number of aryl methyl sites for hydroxylation is 2. The Labute approximate surface area is 117 Å². The molecule has 1 heterocycles. The van der Waals surface area contributed by atoms with E-state index in [0.29, 0.717) is 6.54 Å². The lowest BCUT2D eigenvalue weighted by molar-refractivity contribution is 0.747. The van der Waals surface area contributed by atoms with E-state index < -0.39 is 0 Å². The molecule has 3 nitrogen and oxygen atoms in total. The van der Waals surface area contributed by atoms with Gasteiger partial charge in [-0.05, 0) is 62.5 Å². The molecule has 5 heteroatoms. The third kappa shape index (κ3) is 3.10. The van der Waals surface area contributed by atoms with Gasteiger partial charge >= 0.3 is 0 Å². The van der Waals surface area contributed by atoms with Crippen molar-refractivity contribution >= 4 is 37.5 Å². The third-order valence-electron chi connectivity index (χ3n) is 2.40. The molecule has 0 radical (unpaired) electrons. The summed E-state index contributed by atoms with van der Waals surface area (Å²) < 4.78 is 3.91. The van der Waals surface area contributed by atoms with E-state index in [1.54, 1.807) is 4.68 Å². The Morgan fingerprint density at radius 1 is 1.29 bits per heavy atom. The van der Waals surface area contributed by atoms with Crippen LogP contribution in [0.25, 0.3) is 0 Å². The Balaban J connectivity index is 2.14. The molecule has 0 aliphatic rings. The number of nitrogens with zero attached hydrogens (tertiary/aromatic N) is 2. The van der Waals surface area contributed by atoms with Crippen LogP contribution in [0.15, 0.2) is 33.3 Å². The molecular weight excluding hydrogens is 346 g/mol. The number of aromatic nitrogens is 2. The Morgan fingerprint density at radius 2 is 1.94 bits per heavy atom. The van der Waals surface area contributed by atoms with Gasteiger partial charge in [-0.15, -0.1) is 0 Å². The van der Waals surface area contributed by atoms with Gasteiger partial charge < -0.3 is 5.32 Å². The molecule has 0 amide bonds. The molecular formula is C12H13Br2N3. The summed E-state index contributed by atoms with van der Waals surface area (Å²) in [6.07, 6.45) is 1.94. The van der Waals surface area contributed by atoms with Gasteiger partial charge in [0.15, 0.2) is 0 Å². The Morgan fingerprint density at radius 3 is 2.47 bits per heavy atom. The van der Waals surface area contributed by atoms with Crippen LogP contribution in [0.3, 0.4) is 0 Å². The molecule has 90 valence electrons. The average molecular weight is 359 g/mol. The van der Waals surface area contributed by atoms with Gasteiger partial charge in [-0.2, -0.15) is 5.10 Å². The first-order chi connectivity index (χ1) is 8.06. The number of nitrogens with one attached hydrogen (secondary N) is 1. The fourth-order valence-electron chi connectivity index (χ4n) is 1.61. The summed E-state index contributed by atoms with van der Waals surface area (Å²) in [4.78, 5) is 0. The second kappa shape index (κ2) is 5.23. The predicted octanol–water partition coefficient (Wildman–Crippen LogP) is 3.87. The zero-order valence-electron chi connectivity index (χ0n) is 9.67. The van der Waals surface area contributed by atoms with Crippen molar-refractivity contribution in [2.75, 3.05) is 5.32 Å². The highest BCUT2D eigenvalue weighted by molar-refractivity contribution is 9.11. The van der Waals surface area contributed by atoms with Crippen LogP contribution in [-0.2, 0) is 13.6 Å². The van der Waals surface area contributed by atoms with Gasteiger partial charge in [0.25, 0.3) is 0 Å². The first kappa shape index (κ1) is 12.6. The third-order valence-corrected chi connectivity index (χ3v) is 3.65. The van der Waals surface area contributed by atoms with E-state index >= 15 is 0 Å². The van der Waals surface area contributed by atoms with Gasteiger partial charge in [0.05, 0.1) is 17.9 Å². The van der Waals surface area contributed by atoms with E-state index in [9.17, 15) is 0 Å². The largest absolute Gasteiger partial charge is 0.377 e. The maximum atomic E-state index is 4.33. The SMILES string of the molecule is Cc1cc(Br)c(NCc2ccn(C)n2)c(Br)c1. The summed E-state index contributed by atoms with van der Waals surface area (Å²) in [5.74, 6) is 0. The van der Waals surface area contributed by atoms with Gasteiger partial charge in [-0.3, -0.25) is 4.68 Å². The molecule has 2 aromatic rings. The van der Waals surface area contributed by atoms with Crippen LogP contribution >= 0.6 is 31.9 Å². The summed E-state index contributed by atoms with van der Waals surface area (Å²) in [7, 11) is 1.92. The molecule has 1 N–H and O–H groups in total. The zero-order valence-corrected chi connectivity index (χ0v) is 12.8. The molecule has 0 saturated carbocycles. The molecule has 0 atom stereocenters. The smallest absolute Gasteiger partial charge is 0.0815 e. The zero-order chi connectivity index (χ0) is 12.4. The molecule has 0 fully saturated rings. The minimum absolute atomic E-state index is 0.709. The Bertz CT molecular complexity index is 511. The normalized spacial score (nSPS) is 10.6. The van der Waals surface area contributed by atoms with Gasteiger partial charge in [0, 0.05) is 22.2 Å². The van der Waals surface area contributed by atoms with Crippen LogP contribution < -0.4 is 5.32 Å². The van der Waals surface area contributed by atoms with E-state index in [1.807, 2.05) is 19.3 Å². The monoisotopic (exact) mass is 357 g/mol. The van der Waals surface area contributed by atoms with E-state index in [-0.39, 0.29) is 0 Å². The van der Waals surface area contributed by atoms with Crippen molar-refractivity contribution in [1.29, 1.82) is 0 Å². The standard InChI is InChI=1S/C12H13Br2N3/c1-8-5-10(13)12(11(14)6-8)15-7-9-3-4-17(2)16-9/h3-6,15H,7H2,1-2H3. The van der Waals surface area contributed by atoms with Crippen LogP contribution in [0.2, 0.25) is 0 Å². The van der Waals surface area contributed by atoms with Crippen molar-refractivity contribution in [2.45, 2.75) is 13.5 Å². The lowest BCUT2D eigenvalue weighted by Gasteiger charge is -2.10. The lowest BCUT2D eigenvalue weighted by Crippen LogP contribution is -2.02. The molecule has 1 aromatic carbocycles. The second-order valence-corrected chi connectivity index (χ2v) is 5.65. The Hall–Kier alpha value is -0.810. The van der Waals surface area contributed by atoms with Gasteiger partial charge in [-0.1, -0.05) is 0 Å². The van der Waals surface area contributed by atoms with Gasteiger partial charge in [0.2, 0.25) is 0 Å². The number of halogens is 2. The number of benzene rings is 1. The van der Waals surface area contributed by atoms with E-state index in [4.69, 9.17) is 0 Å². The molecule has 0 spiro atoms. The minimum Gasteiger partial charge on any atom is -0.377 e. The topological polar surface area (TPSA) is 29.9 Å². The summed E-state index contributed by atoms with van der Waals surface area (Å²) in [5.41, 5.74) is 3.29. The molecule has 0 aliphatic heterocycles. The number of anilines is 1. The van der Waals surface area contributed by atoms with Gasteiger partial charge in [-0.25, -0.2) is 0 Å². The summed E-state index contributed by atoms with van der Waals surface area (Å²) >= 11 is 7.12. The van der Waals surface area contributed by atoms with E-state index in [1.165, 1.54) is 5.56 Å². The van der Waals surface area contributed by atoms with Crippen LogP contribution in [0.1, 0.15) is 11.3 Å². The predicted molar refractivity (Wildman–Crippen MR) is 77.1 cm³/mol. The van der Waals surface area contributed by atoms with Crippen molar-refractivity contribution in [3.05, 3.63) is 44.6 Å². The van der Waals surface area contributed by atoms with Gasteiger partial charge in [0.1, 0.15) is 0 Å². The highest BCUT2D eigenvalue weighted by Crippen LogP contribution is 2.32. The van der Waals surface area contributed by atoms with Crippen LogP contribution in [0, 0.1) is 6.92 Å². The minimum atomic E-state index is 0.709. The highest BCUT2D eigenvalue weighted by Gasteiger charge is 2.06. The summed E-state index contributed by atoms with van der Waals surface area (Å²) in [5, 5.41) is 7.69. The van der Waals surface area contributed by atoms with Crippen LogP contribution in [-0.4, -0.2) is 9.78 Å². The van der Waals surface area contributed by atoms with Crippen molar-refractivity contribution < 1.29 is 0 Å². The van der Waals surface area contributed by atoms with Crippen LogP contribution in [0.5, 0.6) is 0 Å². The van der Waals surface area contributed by atoms with Crippen molar-refractivity contribution in [3.8, 4) is 0 Å². The summed E-state index contributed by atoms with van der Waals surface area (Å²) in [6, 6.07) is 6.18. The van der Waals surface area contributed by atoms with Crippen LogP contribution in [0.4, 0.5) is 5.69 Å². The van der Waals surface area contributed by atoms with E-state index in [2.05, 4.69) is 61.3 Å². The number of hydrogen-bond donors (Lipinski definition) is 1. The summed E-state index contributed by atoms with van der Waals surface area (Å²) in [6.45, 7) is 2.78. The molecule has 0 unspecified atom stereocenters. The van der Waals surface area contributed by atoms with Crippen molar-refractivity contribution in [2.24, 2.45) is 7.05 Å². The molecule has 0 bridgehead atoms. The quantitative estimate of drug-likeness (QED) is 0.902. The molecule has 1 aromatic heterocycles. The first-order valence-corrected chi connectivity index (χ1v) is 6.83. The Kier molecular flexibility index (Phi) is 3.89. The fourth-order valence-corrected chi connectivity index (χ4v) is 3.30. The fraction of sp³-hybridized carbons (Fsp3) is 0.250. The van der Waals surface area contributed by atoms with Crippen molar-refractivity contribution in [1.82, 2.24) is 9.78 Å². The van der Waals surface area contributed by atoms with E-state index in [0.717, 1.165) is 20.3 Å².